The van der Waals surface area contributed by atoms with Crippen molar-refractivity contribution in [1.29, 1.82) is 0 Å². The third-order valence-electron chi connectivity index (χ3n) is 5.46. The topological polar surface area (TPSA) is 78.4 Å². The van der Waals surface area contributed by atoms with Crippen molar-refractivity contribution in [3.63, 3.8) is 0 Å². The number of amides is 2. The number of aryl methyl sites for hydroxylation is 1. The van der Waals surface area contributed by atoms with Gasteiger partial charge in [0, 0.05) is 36.0 Å². The second kappa shape index (κ2) is 8.49. The van der Waals surface area contributed by atoms with Crippen molar-refractivity contribution in [1.82, 2.24) is 15.3 Å². The first kappa shape index (κ1) is 19.8. The van der Waals surface area contributed by atoms with Crippen LogP contribution in [0.3, 0.4) is 0 Å². The second-order valence-electron chi connectivity index (χ2n) is 7.53. The number of halogens is 1. The lowest BCUT2D eigenvalue weighted by atomic mass is 10.0. The van der Waals surface area contributed by atoms with E-state index >= 15 is 0 Å². The van der Waals surface area contributed by atoms with Gasteiger partial charge in [0.2, 0.25) is 11.9 Å². The molecule has 7 nitrogen and oxygen atoms in total. The van der Waals surface area contributed by atoms with E-state index in [2.05, 4.69) is 36.1 Å². The number of carbonyl (C=O) groups excluding carboxylic acids is 2. The van der Waals surface area contributed by atoms with Gasteiger partial charge in [-0.25, -0.2) is 9.97 Å². The van der Waals surface area contributed by atoms with Crippen molar-refractivity contribution >= 4 is 39.4 Å². The van der Waals surface area contributed by atoms with Crippen molar-refractivity contribution in [3.05, 3.63) is 46.2 Å². The third kappa shape index (κ3) is 4.27. The Morgan fingerprint density at radius 2 is 1.97 bits per heavy atom. The molecule has 0 bridgehead atoms. The van der Waals surface area contributed by atoms with Crippen molar-refractivity contribution in [2.45, 2.75) is 38.6 Å². The number of hydrogen-bond acceptors (Lipinski definition) is 5. The molecule has 1 aromatic heterocycles. The average Bonchev–Trinajstić information content (AvgIpc) is 3.27. The number of anilines is 2. The monoisotopic (exact) mass is 457 g/mol. The molecule has 3 heterocycles. The summed E-state index contributed by atoms with van der Waals surface area (Å²) in [5.41, 5.74) is 2.22. The molecule has 0 saturated carbocycles. The third-order valence-corrected chi connectivity index (χ3v) is 6.35. The number of nitrogens with zero attached hydrogens (tertiary/aromatic N) is 4. The molecular formula is C21H24BrN5O2. The van der Waals surface area contributed by atoms with Gasteiger partial charge >= 0.3 is 0 Å². The summed E-state index contributed by atoms with van der Waals surface area (Å²) in [4.78, 5) is 38.3. The molecule has 2 saturated heterocycles. The Kier molecular flexibility index (Phi) is 5.80. The van der Waals surface area contributed by atoms with Gasteiger partial charge in [-0.2, -0.15) is 0 Å². The average molecular weight is 458 g/mol. The fourth-order valence-electron chi connectivity index (χ4n) is 3.84. The molecule has 0 radical (unpaired) electrons. The Morgan fingerprint density at radius 3 is 2.72 bits per heavy atom. The predicted octanol–water partition coefficient (Wildman–Crippen LogP) is 3.07. The van der Waals surface area contributed by atoms with Crippen LogP contribution in [0.2, 0.25) is 0 Å². The van der Waals surface area contributed by atoms with Gasteiger partial charge in [-0.05, 0) is 62.4 Å². The maximum atomic E-state index is 13.0. The standard InChI is InChI=1S/C21H24BrN5O2/c1-14-13-15(6-7-16(14)22)27-12-4-5-18(20(27)29)24-19(28)17-8-9-23-21(25-17)26-10-2-3-11-26/h6-9,13,18H,2-5,10-12H2,1H3,(H,24,28). The largest absolute Gasteiger partial charge is 0.341 e. The van der Waals surface area contributed by atoms with E-state index in [1.807, 2.05) is 25.1 Å². The van der Waals surface area contributed by atoms with E-state index in [0.29, 0.717) is 24.6 Å². The van der Waals surface area contributed by atoms with Crippen LogP contribution in [0.5, 0.6) is 0 Å². The van der Waals surface area contributed by atoms with Gasteiger partial charge in [0.05, 0.1) is 0 Å². The van der Waals surface area contributed by atoms with Crippen LogP contribution < -0.4 is 15.1 Å². The first-order valence-corrected chi connectivity index (χ1v) is 10.8. The maximum absolute atomic E-state index is 13.0. The van der Waals surface area contributed by atoms with Crippen LogP contribution in [0.15, 0.2) is 34.9 Å². The van der Waals surface area contributed by atoms with Crippen molar-refractivity contribution in [2.75, 3.05) is 29.4 Å². The Hall–Kier alpha value is -2.48. The van der Waals surface area contributed by atoms with Crippen LogP contribution in [0.1, 0.15) is 41.7 Å². The van der Waals surface area contributed by atoms with Gasteiger partial charge in [0.25, 0.3) is 5.91 Å². The van der Waals surface area contributed by atoms with E-state index in [9.17, 15) is 9.59 Å². The van der Waals surface area contributed by atoms with Gasteiger partial charge in [0.15, 0.2) is 0 Å². The molecule has 1 atom stereocenters. The molecule has 0 aliphatic carbocycles. The summed E-state index contributed by atoms with van der Waals surface area (Å²) in [7, 11) is 0. The van der Waals surface area contributed by atoms with E-state index in [-0.39, 0.29) is 11.8 Å². The number of nitrogens with one attached hydrogen (secondary N) is 1. The number of carbonyl (C=O) groups is 2. The van der Waals surface area contributed by atoms with Crippen molar-refractivity contribution in [3.8, 4) is 0 Å². The van der Waals surface area contributed by atoms with Crippen LogP contribution in [-0.2, 0) is 4.79 Å². The Labute approximate surface area is 178 Å². The van der Waals surface area contributed by atoms with Crippen LogP contribution in [0.25, 0.3) is 0 Å². The molecule has 0 spiro atoms. The highest BCUT2D eigenvalue weighted by molar-refractivity contribution is 9.10. The number of aromatic nitrogens is 2. The molecule has 1 N–H and O–H groups in total. The molecule has 4 rings (SSSR count). The van der Waals surface area contributed by atoms with Crippen molar-refractivity contribution < 1.29 is 9.59 Å². The van der Waals surface area contributed by atoms with Crippen LogP contribution in [0, 0.1) is 6.92 Å². The SMILES string of the molecule is Cc1cc(N2CCCC(NC(=O)c3ccnc(N4CCCC4)n3)C2=O)ccc1Br. The molecule has 2 amide bonds. The molecule has 1 aromatic carbocycles. The summed E-state index contributed by atoms with van der Waals surface area (Å²) < 4.78 is 1.01. The molecular weight excluding hydrogens is 434 g/mol. The normalized spacial score (nSPS) is 19.5. The smallest absolute Gasteiger partial charge is 0.270 e. The first-order valence-electron chi connectivity index (χ1n) is 9.99. The van der Waals surface area contributed by atoms with Gasteiger partial charge < -0.3 is 15.1 Å². The molecule has 2 fully saturated rings. The first-order chi connectivity index (χ1) is 14.0. The van der Waals surface area contributed by atoms with E-state index in [1.54, 1.807) is 17.2 Å². The molecule has 8 heteroatoms. The van der Waals surface area contributed by atoms with E-state index in [4.69, 9.17) is 0 Å². The predicted molar refractivity (Wildman–Crippen MR) is 115 cm³/mol. The van der Waals surface area contributed by atoms with Gasteiger partial charge in [0.1, 0.15) is 11.7 Å². The molecule has 1 unspecified atom stereocenters. The molecule has 2 aromatic rings. The maximum Gasteiger partial charge on any atom is 0.270 e. The lowest BCUT2D eigenvalue weighted by molar-refractivity contribution is -0.121. The summed E-state index contributed by atoms with van der Waals surface area (Å²) in [5, 5.41) is 2.88. The Morgan fingerprint density at radius 1 is 1.17 bits per heavy atom. The number of piperidine rings is 1. The lowest BCUT2D eigenvalue weighted by Crippen LogP contribution is -2.52. The molecule has 152 valence electrons. The highest BCUT2D eigenvalue weighted by atomic mass is 79.9. The summed E-state index contributed by atoms with van der Waals surface area (Å²) in [6, 6.07) is 6.90. The van der Waals surface area contributed by atoms with Crippen LogP contribution in [-0.4, -0.2) is 47.5 Å². The highest BCUT2D eigenvalue weighted by Gasteiger charge is 2.31. The minimum atomic E-state index is -0.551. The van der Waals surface area contributed by atoms with E-state index in [0.717, 1.165) is 48.1 Å². The summed E-state index contributed by atoms with van der Waals surface area (Å²) in [5.74, 6) is 0.164. The fourth-order valence-corrected chi connectivity index (χ4v) is 4.09. The molecule has 2 aliphatic heterocycles. The van der Waals surface area contributed by atoms with Gasteiger partial charge in [-0.3, -0.25) is 9.59 Å². The minimum absolute atomic E-state index is 0.0832. The van der Waals surface area contributed by atoms with E-state index < -0.39 is 6.04 Å². The molecule has 2 aliphatic rings. The number of benzene rings is 1. The zero-order chi connectivity index (χ0) is 20.4. The van der Waals surface area contributed by atoms with Gasteiger partial charge in [-0.1, -0.05) is 15.9 Å². The highest BCUT2D eigenvalue weighted by Crippen LogP contribution is 2.26. The Balaban J connectivity index is 1.47. The lowest BCUT2D eigenvalue weighted by Gasteiger charge is -2.33. The zero-order valence-corrected chi connectivity index (χ0v) is 18.0. The van der Waals surface area contributed by atoms with Crippen molar-refractivity contribution in [2.24, 2.45) is 0 Å². The zero-order valence-electron chi connectivity index (χ0n) is 16.4. The van der Waals surface area contributed by atoms with Crippen LogP contribution in [0.4, 0.5) is 11.6 Å². The van der Waals surface area contributed by atoms with Gasteiger partial charge in [-0.15, -0.1) is 0 Å². The van der Waals surface area contributed by atoms with E-state index in [1.165, 1.54) is 0 Å². The molecule has 29 heavy (non-hydrogen) atoms. The second-order valence-corrected chi connectivity index (χ2v) is 8.38. The number of rotatable bonds is 4. The fraction of sp³-hybridized carbons (Fsp3) is 0.429. The quantitative estimate of drug-likeness (QED) is 0.762. The Bertz CT molecular complexity index is 929. The summed E-state index contributed by atoms with van der Waals surface area (Å²) in [6.07, 6.45) is 5.29. The number of hydrogen-bond donors (Lipinski definition) is 1. The minimum Gasteiger partial charge on any atom is -0.341 e. The summed E-state index contributed by atoms with van der Waals surface area (Å²) in [6.45, 7) is 4.47. The van der Waals surface area contributed by atoms with Crippen LogP contribution >= 0.6 is 15.9 Å². The summed E-state index contributed by atoms with van der Waals surface area (Å²) >= 11 is 3.49.